The number of rotatable bonds is 4. The number of hydrogen-bond acceptors (Lipinski definition) is 5. The molecule has 5 nitrogen and oxygen atoms in total. The molecule has 0 radical (unpaired) electrons. The van der Waals surface area contributed by atoms with E-state index >= 15 is 0 Å². The Hall–Kier alpha value is -1.31. The van der Waals surface area contributed by atoms with Gasteiger partial charge in [0.25, 0.3) is 5.89 Å². The topological polar surface area (TPSA) is 68.2 Å². The summed E-state index contributed by atoms with van der Waals surface area (Å²) in [5.41, 5.74) is 6.18. The lowest BCUT2D eigenvalue weighted by Crippen LogP contribution is -2.26. The fraction of sp³-hybridized carbons (Fsp3) is 0.333. The van der Waals surface area contributed by atoms with Crippen molar-refractivity contribution in [3.63, 3.8) is 0 Å². The van der Waals surface area contributed by atoms with E-state index in [0.717, 1.165) is 4.47 Å². The van der Waals surface area contributed by atoms with E-state index in [4.69, 9.17) is 10.3 Å². The van der Waals surface area contributed by atoms with Gasteiger partial charge in [-0.2, -0.15) is 4.98 Å². The van der Waals surface area contributed by atoms with Gasteiger partial charge in [-0.15, -0.1) is 0 Å². The van der Waals surface area contributed by atoms with Gasteiger partial charge >= 0.3 is 0 Å². The van der Waals surface area contributed by atoms with Crippen molar-refractivity contribution in [1.82, 2.24) is 15.0 Å². The van der Waals surface area contributed by atoms with Gasteiger partial charge in [0.1, 0.15) is 5.82 Å². The van der Waals surface area contributed by atoms with Crippen molar-refractivity contribution in [2.75, 3.05) is 20.6 Å². The highest BCUT2D eigenvalue weighted by molar-refractivity contribution is 9.10. The Morgan fingerprint density at radius 3 is 2.89 bits per heavy atom. The molecule has 0 bridgehead atoms. The van der Waals surface area contributed by atoms with Crippen LogP contribution in [0.2, 0.25) is 0 Å². The van der Waals surface area contributed by atoms with Crippen LogP contribution in [-0.2, 0) is 0 Å². The van der Waals surface area contributed by atoms with Crippen LogP contribution in [0.15, 0.2) is 27.2 Å². The molecule has 7 heteroatoms. The Morgan fingerprint density at radius 1 is 1.47 bits per heavy atom. The molecule has 2 rings (SSSR count). The first-order chi connectivity index (χ1) is 8.97. The number of aromatic nitrogens is 2. The minimum Gasteiger partial charge on any atom is -0.334 e. The maximum atomic E-state index is 13.7. The zero-order valence-corrected chi connectivity index (χ0v) is 12.2. The second-order valence-corrected chi connectivity index (χ2v) is 5.37. The third kappa shape index (κ3) is 3.37. The molecule has 0 aliphatic carbocycles. The third-order valence-electron chi connectivity index (χ3n) is 2.49. The quantitative estimate of drug-likeness (QED) is 0.931. The van der Waals surface area contributed by atoms with Gasteiger partial charge in [0.15, 0.2) is 5.82 Å². The Morgan fingerprint density at radius 2 is 2.21 bits per heavy atom. The van der Waals surface area contributed by atoms with Crippen LogP contribution in [0.5, 0.6) is 0 Å². The Kier molecular flexibility index (Phi) is 4.28. The molecule has 0 saturated heterocycles. The van der Waals surface area contributed by atoms with Crippen LogP contribution in [0, 0.1) is 5.82 Å². The lowest BCUT2D eigenvalue weighted by atomic mass is 10.2. The SMILES string of the molecule is CN(C)CC(N)c1noc(-c2cc(Br)ccc2F)n1. The summed E-state index contributed by atoms with van der Waals surface area (Å²) in [5, 5.41) is 3.80. The average molecular weight is 329 g/mol. The second-order valence-electron chi connectivity index (χ2n) is 4.45. The maximum absolute atomic E-state index is 13.7. The van der Waals surface area contributed by atoms with Crippen molar-refractivity contribution < 1.29 is 8.91 Å². The lowest BCUT2D eigenvalue weighted by Gasteiger charge is -2.12. The summed E-state index contributed by atoms with van der Waals surface area (Å²) in [6.07, 6.45) is 0. The van der Waals surface area contributed by atoms with Crippen LogP contribution < -0.4 is 5.73 Å². The predicted molar refractivity (Wildman–Crippen MR) is 72.9 cm³/mol. The van der Waals surface area contributed by atoms with Gasteiger partial charge < -0.3 is 15.2 Å². The number of nitrogens with two attached hydrogens (primary N) is 1. The van der Waals surface area contributed by atoms with Crippen LogP contribution in [0.4, 0.5) is 4.39 Å². The molecule has 1 heterocycles. The summed E-state index contributed by atoms with van der Waals surface area (Å²) in [4.78, 5) is 6.06. The number of nitrogens with zero attached hydrogens (tertiary/aromatic N) is 3. The van der Waals surface area contributed by atoms with Gasteiger partial charge in [0.05, 0.1) is 11.6 Å². The highest BCUT2D eigenvalue weighted by atomic mass is 79.9. The van der Waals surface area contributed by atoms with Gasteiger partial charge in [-0.1, -0.05) is 21.1 Å². The van der Waals surface area contributed by atoms with E-state index in [1.165, 1.54) is 6.07 Å². The van der Waals surface area contributed by atoms with E-state index in [1.807, 2.05) is 19.0 Å². The molecule has 0 fully saturated rings. The third-order valence-corrected chi connectivity index (χ3v) is 2.99. The standard InChI is InChI=1S/C12H14BrFN4O/c1-18(2)6-10(15)11-16-12(19-17-11)8-5-7(13)3-4-9(8)14/h3-5,10H,6,15H2,1-2H3. The molecule has 0 aliphatic rings. The Labute approximate surface area is 118 Å². The van der Waals surface area contributed by atoms with Crippen LogP contribution in [0.1, 0.15) is 11.9 Å². The molecule has 1 aromatic carbocycles. The summed E-state index contributed by atoms with van der Waals surface area (Å²) in [5.74, 6) is 0.0747. The van der Waals surface area contributed by atoms with Gasteiger partial charge in [-0.05, 0) is 32.3 Å². The van der Waals surface area contributed by atoms with E-state index in [0.29, 0.717) is 12.4 Å². The van der Waals surface area contributed by atoms with E-state index in [1.54, 1.807) is 12.1 Å². The first-order valence-electron chi connectivity index (χ1n) is 5.66. The minimum atomic E-state index is -0.417. The van der Waals surface area contributed by atoms with Crippen molar-refractivity contribution in [3.05, 3.63) is 34.3 Å². The van der Waals surface area contributed by atoms with Crippen molar-refractivity contribution in [2.45, 2.75) is 6.04 Å². The van der Waals surface area contributed by atoms with Gasteiger partial charge in [-0.25, -0.2) is 4.39 Å². The van der Waals surface area contributed by atoms with E-state index in [-0.39, 0.29) is 17.5 Å². The lowest BCUT2D eigenvalue weighted by molar-refractivity contribution is 0.357. The fourth-order valence-corrected chi connectivity index (χ4v) is 1.99. The highest BCUT2D eigenvalue weighted by Gasteiger charge is 2.18. The molecule has 1 aromatic heterocycles. The number of likely N-dealkylation sites (N-methyl/N-ethyl adjacent to an activating group) is 1. The van der Waals surface area contributed by atoms with Gasteiger partial charge in [0.2, 0.25) is 0 Å². The predicted octanol–water partition coefficient (Wildman–Crippen LogP) is 2.20. The Bertz CT molecular complexity index is 573. The van der Waals surface area contributed by atoms with Crippen LogP contribution in [-0.4, -0.2) is 35.7 Å². The molecular weight excluding hydrogens is 315 g/mol. The van der Waals surface area contributed by atoms with Crippen molar-refractivity contribution in [1.29, 1.82) is 0 Å². The molecule has 2 N–H and O–H groups in total. The summed E-state index contributed by atoms with van der Waals surface area (Å²) in [7, 11) is 3.80. The first kappa shape index (κ1) is 14.1. The smallest absolute Gasteiger partial charge is 0.260 e. The summed E-state index contributed by atoms with van der Waals surface area (Å²) >= 11 is 3.27. The second kappa shape index (κ2) is 5.77. The van der Waals surface area contributed by atoms with E-state index in [2.05, 4.69) is 26.1 Å². The molecule has 0 spiro atoms. The van der Waals surface area contributed by atoms with Gasteiger partial charge in [0, 0.05) is 11.0 Å². The van der Waals surface area contributed by atoms with Crippen LogP contribution in [0.25, 0.3) is 11.5 Å². The molecule has 0 amide bonds. The monoisotopic (exact) mass is 328 g/mol. The van der Waals surface area contributed by atoms with Gasteiger partial charge in [-0.3, -0.25) is 0 Å². The number of hydrogen-bond donors (Lipinski definition) is 1. The van der Waals surface area contributed by atoms with E-state index < -0.39 is 5.82 Å². The molecular formula is C12H14BrFN4O. The van der Waals surface area contributed by atoms with Crippen molar-refractivity contribution in [2.24, 2.45) is 5.73 Å². The molecule has 102 valence electrons. The fourth-order valence-electron chi connectivity index (χ4n) is 1.63. The zero-order valence-electron chi connectivity index (χ0n) is 10.6. The number of halogens is 2. The molecule has 1 atom stereocenters. The molecule has 2 aromatic rings. The molecule has 0 aliphatic heterocycles. The minimum absolute atomic E-state index is 0.128. The zero-order chi connectivity index (χ0) is 14.0. The Balaban J connectivity index is 2.28. The van der Waals surface area contributed by atoms with Crippen LogP contribution >= 0.6 is 15.9 Å². The average Bonchev–Trinajstić information content (AvgIpc) is 2.80. The van der Waals surface area contributed by atoms with Crippen molar-refractivity contribution in [3.8, 4) is 11.5 Å². The van der Waals surface area contributed by atoms with E-state index in [9.17, 15) is 4.39 Å². The normalized spacial score (nSPS) is 12.9. The number of benzene rings is 1. The van der Waals surface area contributed by atoms with Crippen LogP contribution in [0.3, 0.4) is 0 Å². The first-order valence-corrected chi connectivity index (χ1v) is 6.46. The van der Waals surface area contributed by atoms with Crippen molar-refractivity contribution >= 4 is 15.9 Å². The summed E-state index contributed by atoms with van der Waals surface area (Å²) in [6, 6.07) is 4.16. The summed E-state index contributed by atoms with van der Waals surface area (Å²) in [6.45, 7) is 0.583. The summed E-state index contributed by atoms with van der Waals surface area (Å²) < 4.78 is 19.5. The molecule has 1 unspecified atom stereocenters. The highest BCUT2D eigenvalue weighted by Crippen LogP contribution is 2.25. The largest absolute Gasteiger partial charge is 0.334 e. The molecule has 0 saturated carbocycles. The molecule has 19 heavy (non-hydrogen) atoms. The maximum Gasteiger partial charge on any atom is 0.260 e.